The summed E-state index contributed by atoms with van der Waals surface area (Å²) >= 11 is 0. The predicted molar refractivity (Wildman–Crippen MR) is 53.8 cm³/mol. The standard InChI is InChI=1S/C12H13.2ClH.Zr/c1-8-4-5-9(2)12-10(3)6-7-11(8)12;;;/h4-7H,1-3H3;2*1H;/q-1;;;+3/p-2. The molecule has 15 heavy (non-hydrogen) atoms. The Hall–Kier alpha value is 0.293. The Kier molecular flexibility index (Phi) is 8.00. The molecule has 0 saturated heterocycles. The van der Waals surface area contributed by atoms with Crippen molar-refractivity contribution in [2.24, 2.45) is 0 Å². The molecule has 0 aliphatic rings. The number of hydrogen-bond donors (Lipinski definition) is 0. The van der Waals surface area contributed by atoms with Gasteiger partial charge in [0.25, 0.3) is 0 Å². The van der Waals surface area contributed by atoms with E-state index in [1.54, 1.807) is 0 Å². The van der Waals surface area contributed by atoms with Crippen molar-refractivity contribution >= 4 is 10.8 Å². The molecule has 0 fully saturated rings. The summed E-state index contributed by atoms with van der Waals surface area (Å²) in [4.78, 5) is 0. The third-order valence-electron chi connectivity index (χ3n) is 2.57. The van der Waals surface area contributed by atoms with E-state index in [4.69, 9.17) is 0 Å². The van der Waals surface area contributed by atoms with Gasteiger partial charge in [-0.25, -0.2) is 0 Å². The average molecular weight is 319 g/mol. The summed E-state index contributed by atoms with van der Waals surface area (Å²) in [7, 11) is 0. The monoisotopic (exact) mass is 317 g/mol. The first kappa shape index (κ1) is 17.7. The molecule has 0 bridgehead atoms. The molecule has 0 unspecified atom stereocenters. The molecule has 0 nitrogen and oxygen atoms in total. The molecule has 0 aliphatic carbocycles. The van der Waals surface area contributed by atoms with Crippen LogP contribution in [0.25, 0.3) is 10.8 Å². The van der Waals surface area contributed by atoms with Crippen LogP contribution in [0.5, 0.6) is 0 Å². The molecular weight excluding hydrogens is 306 g/mol. The maximum Gasteiger partial charge on any atom is 3.00 e. The van der Waals surface area contributed by atoms with E-state index >= 15 is 0 Å². The Morgan fingerprint density at radius 1 is 0.867 bits per heavy atom. The van der Waals surface area contributed by atoms with Crippen LogP contribution in [-0.4, -0.2) is 0 Å². The van der Waals surface area contributed by atoms with Gasteiger partial charge in [0.15, 0.2) is 0 Å². The fraction of sp³-hybridized carbons (Fsp3) is 0.250. The van der Waals surface area contributed by atoms with Crippen LogP contribution in [0.15, 0.2) is 24.3 Å². The predicted octanol–water partition coefficient (Wildman–Crippen LogP) is -2.51. The quantitative estimate of drug-likeness (QED) is 0.471. The van der Waals surface area contributed by atoms with Crippen molar-refractivity contribution in [3.63, 3.8) is 0 Å². The molecule has 0 saturated carbocycles. The van der Waals surface area contributed by atoms with E-state index in [1.165, 1.54) is 27.5 Å². The molecule has 0 spiro atoms. The van der Waals surface area contributed by atoms with Gasteiger partial charge >= 0.3 is 26.2 Å². The summed E-state index contributed by atoms with van der Waals surface area (Å²) in [5, 5.41) is 2.85. The van der Waals surface area contributed by atoms with Crippen LogP contribution in [0.2, 0.25) is 0 Å². The van der Waals surface area contributed by atoms with Gasteiger partial charge in [0.2, 0.25) is 0 Å². The smallest absolute Gasteiger partial charge is 1.00 e. The van der Waals surface area contributed by atoms with Crippen molar-refractivity contribution < 1.29 is 51.0 Å². The maximum absolute atomic E-state index is 2.22. The minimum atomic E-state index is 0. The third kappa shape index (κ3) is 3.12. The first-order valence-electron chi connectivity index (χ1n) is 4.32. The molecule has 79 valence electrons. The largest absolute Gasteiger partial charge is 3.00 e. The minimum absolute atomic E-state index is 0. The second-order valence-electron chi connectivity index (χ2n) is 3.50. The molecule has 0 aliphatic heterocycles. The number of aryl methyl sites for hydroxylation is 3. The van der Waals surface area contributed by atoms with E-state index in [2.05, 4.69) is 45.0 Å². The number of hydrogen-bond acceptors (Lipinski definition) is 0. The van der Waals surface area contributed by atoms with Crippen LogP contribution in [-0.2, 0) is 26.2 Å². The van der Waals surface area contributed by atoms with Crippen molar-refractivity contribution in [2.45, 2.75) is 20.8 Å². The number of halogens is 2. The number of rotatable bonds is 0. The zero-order valence-electron chi connectivity index (χ0n) is 9.07. The van der Waals surface area contributed by atoms with Crippen LogP contribution in [0.4, 0.5) is 0 Å². The second kappa shape index (κ2) is 6.79. The summed E-state index contributed by atoms with van der Waals surface area (Å²) in [6.07, 6.45) is 0. The van der Waals surface area contributed by atoms with Gasteiger partial charge in [-0.05, 0) is 6.92 Å². The molecule has 0 atom stereocenters. The van der Waals surface area contributed by atoms with Crippen LogP contribution in [0, 0.1) is 20.8 Å². The Morgan fingerprint density at radius 2 is 1.40 bits per heavy atom. The molecule has 2 aromatic carbocycles. The molecule has 0 N–H and O–H groups in total. The van der Waals surface area contributed by atoms with E-state index in [0.717, 1.165) is 0 Å². The van der Waals surface area contributed by atoms with Crippen molar-refractivity contribution in [3.05, 3.63) is 41.0 Å². The number of benzene rings is 1. The van der Waals surface area contributed by atoms with Gasteiger partial charge in [-0.2, -0.15) is 11.6 Å². The Morgan fingerprint density at radius 3 is 1.93 bits per heavy atom. The average Bonchev–Trinajstić information content (AvgIpc) is 2.42. The van der Waals surface area contributed by atoms with Crippen molar-refractivity contribution in [1.29, 1.82) is 0 Å². The fourth-order valence-electron chi connectivity index (χ4n) is 1.86. The van der Waals surface area contributed by atoms with Crippen molar-refractivity contribution in [2.75, 3.05) is 0 Å². The van der Waals surface area contributed by atoms with Crippen LogP contribution in [0.3, 0.4) is 0 Å². The number of fused-ring (bicyclic) bond motifs is 1. The van der Waals surface area contributed by atoms with Gasteiger partial charge in [-0.3, -0.25) is 0 Å². The Balaban J connectivity index is 0. The van der Waals surface area contributed by atoms with Gasteiger partial charge in [0.05, 0.1) is 0 Å². The minimum Gasteiger partial charge on any atom is -1.00 e. The van der Waals surface area contributed by atoms with Gasteiger partial charge in [-0.15, -0.1) is 28.5 Å². The molecule has 0 aromatic heterocycles. The summed E-state index contributed by atoms with van der Waals surface area (Å²) in [5.41, 5.74) is 4.16. The first-order chi connectivity index (χ1) is 5.70. The molecular formula is C12H13Cl2Zr. The summed E-state index contributed by atoms with van der Waals surface area (Å²) in [6.45, 7) is 6.52. The Bertz CT molecular complexity index is 432. The Labute approximate surface area is 123 Å². The third-order valence-corrected chi connectivity index (χ3v) is 2.57. The molecule has 2 aromatic rings. The van der Waals surface area contributed by atoms with Crippen molar-refractivity contribution in [1.82, 2.24) is 0 Å². The zero-order valence-corrected chi connectivity index (χ0v) is 13.0. The normalized spacial score (nSPS) is 8.73. The fourth-order valence-corrected chi connectivity index (χ4v) is 1.86. The van der Waals surface area contributed by atoms with Crippen LogP contribution >= 0.6 is 0 Å². The first-order valence-corrected chi connectivity index (χ1v) is 4.32. The van der Waals surface area contributed by atoms with E-state index in [0.29, 0.717) is 0 Å². The summed E-state index contributed by atoms with van der Waals surface area (Å²) in [5.74, 6) is 0. The second-order valence-corrected chi connectivity index (χ2v) is 3.50. The van der Waals surface area contributed by atoms with E-state index < -0.39 is 0 Å². The zero-order chi connectivity index (χ0) is 8.72. The summed E-state index contributed by atoms with van der Waals surface area (Å²) in [6, 6.07) is 8.80. The maximum atomic E-state index is 2.22. The topological polar surface area (TPSA) is 0 Å². The van der Waals surface area contributed by atoms with Crippen LogP contribution < -0.4 is 24.8 Å². The molecule has 0 amide bonds. The van der Waals surface area contributed by atoms with Gasteiger partial charge in [0.1, 0.15) is 0 Å². The van der Waals surface area contributed by atoms with E-state index in [-0.39, 0.29) is 51.0 Å². The van der Waals surface area contributed by atoms with E-state index in [9.17, 15) is 0 Å². The molecule has 3 heteroatoms. The molecule has 2 rings (SSSR count). The SMILES string of the molecule is Cc1ccc(C)c2c(C)c[cH-]c12.[Cl-].[Cl-].[Zr+3]. The van der Waals surface area contributed by atoms with Crippen molar-refractivity contribution in [3.8, 4) is 0 Å². The summed E-state index contributed by atoms with van der Waals surface area (Å²) < 4.78 is 0. The van der Waals surface area contributed by atoms with E-state index in [1.807, 2.05) is 0 Å². The van der Waals surface area contributed by atoms with Gasteiger partial charge in [-0.1, -0.05) is 25.5 Å². The molecule has 1 radical (unpaired) electrons. The molecule has 0 heterocycles. The van der Waals surface area contributed by atoms with Crippen LogP contribution in [0.1, 0.15) is 16.7 Å². The van der Waals surface area contributed by atoms with Gasteiger partial charge < -0.3 is 24.8 Å². The van der Waals surface area contributed by atoms with Gasteiger partial charge in [0, 0.05) is 0 Å².